The molecule has 2 aliphatic rings. The predicted octanol–water partition coefficient (Wildman–Crippen LogP) is 2.90. The van der Waals surface area contributed by atoms with Crippen LogP contribution in [0.2, 0.25) is 0 Å². The average molecular weight is 355 g/mol. The number of carbonyl (C=O) groups is 1. The molecule has 1 aromatic carbocycles. The van der Waals surface area contributed by atoms with E-state index < -0.39 is 0 Å². The van der Waals surface area contributed by atoms with Gasteiger partial charge in [-0.3, -0.25) is 9.69 Å². The molecule has 0 aliphatic carbocycles. The number of carbonyl (C=O) groups excluding carboxylic acids is 1. The van der Waals surface area contributed by atoms with Gasteiger partial charge in [0.05, 0.1) is 12.8 Å². The van der Waals surface area contributed by atoms with Gasteiger partial charge in [0.1, 0.15) is 17.0 Å². The second-order valence-corrected chi connectivity index (χ2v) is 7.17. The zero-order valence-electron chi connectivity index (χ0n) is 15.4. The van der Waals surface area contributed by atoms with Gasteiger partial charge in [0.15, 0.2) is 0 Å². The van der Waals surface area contributed by atoms with E-state index in [0.717, 1.165) is 61.5 Å². The summed E-state index contributed by atoms with van der Waals surface area (Å²) in [4.78, 5) is 19.6. The summed E-state index contributed by atoms with van der Waals surface area (Å²) in [5.41, 5.74) is 1.44. The second kappa shape index (κ2) is 6.76. The van der Waals surface area contributed by atoms with Crippen molar-refractivity contribution in [2.75, 3.05) is 20.2 Å². The van der Waals surface area contributed by atoms with Crippen LogP contribution in [0.4, 0.5) is 0 Å². The number of methoxy groups -OCH3 is 1. The molecule has 2 fully saturated rings. The summed E-state index contributed by atoms with van der Waals surface area (Å²) in [5, 5.41) is 3.05. The number of rotatable bonds is 4. The number of hydrogen-bond donors (Lipinski definition) is 1. The van der Waals surface area contributed by atoms with E-state index in [-0.39, 0.29) is 11.4 Å². The van der Waals surface area contributed by atoms with Crippen LogP contribution in [-0.2, 0) is 11.3 Å². The molecule has 1 amide bonds. The van der Waals surface area contributed by atoms with Gasteiger partial charge in [-0.25, -0.2) is 4.98 Å². The highest BCUT2D eigenvalue weighted by Crippen LogP contribution is 2.37. The monoisotopic (exact) mass is 355 g/mol. The third kappa shape index (κ3) is 2.88. The summed E-state index contributed by atoms with van der Waals surface area (Å²) < 4.78 is 11.2. The normalized spacial score (nSPS) is 23.4. The van der Waals surface area contributed by atoms with Gasteiger partial charge in [-0.1, -0.05) is 6.07 Å². The molecule has 1 N–H and O–H groups in total. The van der Waals surface area contributed by atoms with Crippen LogP contribution in [0.1, 0.15) is 37.1 Å². The molecule has 4 rings (SSSR count). The van der Waals surface area contributed by atoms with Gasteiger partial charge in [0.2, 0.25) is 11.8 Å². The summed E-state index contributed by atoms with van der Waals surface area (Å²) in [7, 11) is 1.65. The van der Waals surface area contributed by atoms with Crippen LogP contribution < -0.4 is 10.1 Å². The average Bonchev–Trinajstić information content (AvgIpc) is 3.23. The second-order valence-electron chi connectivity index (χ2n) is 7.17. The minimum absolute atomic E-state index is 0.176. The third-order valence-electron chi connectivity index (χ3n) is 5.65. The lowest BCUT2D eigenvalue weighted by Crippen LogP contribution is -2.58. The van der Waals surface area contributed by atoms with Crippen LogP contribution in [0.5, 0.6) is 5.75 Å². The Morgan fingerprint density at radius 1 is 1.35 bits per heavy atom. The van der Waals surface area contributed by atoms with E-state index in [9.17, 15) is 4.79 Å². The van der Waals surface area contributed by atoms with Crippen molar-refractivity contribution in [2.45, 2.75) is 44.7 Å². The van der Waals surface area contributed by atoms with Crippen molar-refractivity contribution in [3.63, 3.8) is 0 Å². The van der Waals surface area contributed by atoms with Crippen molar-refractivity contribution in [2.24, 2.45) is 0 Å². The van der Waals surface area contributed by atoms with Crippen LogP contribution in [0.25, 0.3) is 11.5 Å². The maximum Gasteiger partial charge on any atom is 0.240 e. The van der Waals surface area contributed by atoms with Crippen molar-refractivity contribution in [1.82, 2.24) is 15.2 Å². The Balaban J connectivity index is 1.59. The first kappa shape index (κ1) is 17.1. The van der Waals surface area contributed by atoms with Crippen LogP contribution in [0, 0.1) is 6.92 Å². The van der Waals surface area contributed by atoms with Crippen LogP contribution >= 0.6 is 0 Å². The van der Waals surface area contributed by atoms with Crippen molar-refractivity contribution >= 4 is 5.91 Å². The summed E-state index contributed by atoms with van der Waals surface area (Å²) in [5.74, 6) is 2.35. The van der Waals surface area contributed by atoms with E-state index in [2.05, 4.69) is 10.2 Å². The van der Waals surface area contributed by atoms with E-state index in [1.165, 1.54) is 0 Å². The Hall–Kier alpha value is -2.34. The van der Waals surface area contributed by atoms with Crippen LogP contribution in [0.3, 0.4) is 0 Å². The molecule has 1 unspecified atom stereocenters. The SMILES string of the molecule is COc1cccc(-c2nc(CN3CCCC34CCCNC4=O)c(C)o2)c1. The highest BCUT2D eigenvalue weighted by Gasteiger charge is 2.48. The fourth-order valence-electron chi connectivity index (χ4n) is 4.20. The quantitative estimate of drug-likeness (QED) is 0.913. The molecule has 2 aromatic rings. The Morgan fingerprint density at radius 2 is 2.19 bits per heavy atom. The molecular weight excluding hydrogens is 330 g/mol. The molecule has 1 atom stereocenters. The van der Waals surface area contributed by atoms with Gasteiger partial charge >= 0.3 is 0 Å². The van der Waals surface area contributed by atoms with Crippen molar-refractivity contribution in [3.8, 4) is 17.2 Å². The number of oxazole rings is 1. The molecule has 0 radical (unpaired) electrons. The highest BCUT2D eigenvalue weighted by molar-refractivity contribution is 5.87. The van der Waals surface area contributed by atoms with Gasteiger partial charge in [-0.2, -0.15) is 0 Å². The molecule has 0 bridgehead atoms. The lowest BCUT2D eigenvalue weighted by atomic mass is 9.86. The molecule has 0 saturated carbocycles. The number of nitrogens with one attached hydrogen (secondary N) is 1. The third-order valence-corrected chi connectivity index (χ3v) is 5.65. The highest BCUT2D eigenvalue weighted by atomic mass is 16.5. The van der Waals surface area contributed by atoms with E-state index in [1.807, 2.05) is 31.2 Å². The zero-order chi connectivity index (χ0) is 18.1. The number of amides is 1. The standard InChI is InChI=1S/C20H25N3O3/c1-14-17(22-18(26-14)15-6-3-7-16(12-15)25-2)13-23-11-5-9-20(23)8-4-10-21-19(20)24/h3,6-7,12H,4-5,8-11,13H2,1-2H3,(H,21,24). The molecule has 26 heavy (non-hydrogen) atoms. The minimum atomic E-state index is -0.361. The van der Waals surface area contributed by atoms with Gasteiger partial charge in [0, 0.05) is 18.7 Å². The Labute approximate surface area is 153 Å². The predicted molar refractivity (Wildman–Crippen MR) is 97.8 cm³/mol. The Morgan fingerprint density at radius 3 is 3.00 bits per heavy atom. The molecular formula is C20H25N3O3. The molecule has 1 spiro atoms. The first-order valence-electron chi connectivity index (χ1n) is 9.26. The van der Waals surface area contributed by atoms with Gasteiger partial charge in [0.25, 0.3) is 0 Å². The fourth-order valence-corrected chi connectivity index (χ4v) is 4.20. The fraction of sp³-hybridized carbons (Fsp3) is 0.500. The summed E-state index contributed by atoms with van der Waals surface area (Å²) >= 11 is 0. The zero-order valence-corrected chi connectivity index (χ0v) is 15.4. The largest absolute Gasteiger partial charge is 0.497 e. The molecule has 6 nitrogen and oxygen atoms in total. The van der Waals surface area contributed by atoms with E-state index in [4.69, 9.17) is 14.1 Å². The molecule has 138 valence electrons. The van der Waals surface area contributed by atoms with Gasteiger partial charge in [-0.05, 0) is 57.4 Å². The molecule has 2 saturated heterocycles. The Kier molecular flexibility index (Phi) is 4.44. The van der Waals surface area contributed by atoms with E-state index in [1.54, 1.807) is 7.11 Å². The summed E-state index contributed by atoms with van der Waals surface area (Å²) in [6.45, 7) is 4.30. The van der Waals surface area contributed by atoms with Crippen molar-refractivity contribution < 1.29 is 13.9 Å². The number of ether oxygens (including phenoxy) is 1. The molecule has 2 aliphatic heterocycles. The summed E-state index contributed by atoms with van der Waals surface area (Å²) in [6, 6.07) is 7.70. The molecule has 6 heteroatoms. The topological polar surface area (TPSA) is 67.6 Å². The first-order chi connectivity index (χ1) is 12.6. The summed E-state index contributed by atoms with van der Waals surface area (Å²) in [6.07, 6.45) is 3.94. The number of benzene rings is 1. The number of nitrogens with zero attached hydrogens (tertiary/aromatic N) is 2. The number of likely N-dealkylation sites (tertiary alicyclic amines) is 1. The van der Waals surface area contributed by atoms with Gasteiger partial charge < -0.3 is 14.5 Å². The number of aromatic nitrogens is 1. The van der Waals surface area contributed by atoms with Crippen LogP contribution in [0.15, 0.2) is 28.7 Å². The smallest absolute Gasteiger partial charge is 0.240 e. The number of piperidine rings is 1. The first-order valence-corrected chi connectivity index (χ1v) is 9.26. The molecule has 3 heterocycles. The lowest BCUT2D eigenvalue weighted by Gasteiger charge is -2.39. The maximum absolute atomic E-state index is 12.6. The maximum atomic E-state index is 12.6. The van der Waals surface area contributed by atoms with E-state index >= 15 is 0 Å². The van der Waals surface area contributed by atoms with Crippen LogP contribution in [-0.4, -0.2) is 41.5 Å². The Bertz CT molecular complexity index is 816. The van der Waals surface area contributed by atoms with Crippen molar-refractivity contribution in [1.29, 1.82) is 0 Å². The van der Waals surface area contributed by atoms with Crippen molar-refractivity contribution in [3.05, 3.63) is 35.7 Å². The van der Waals surface area contributed by atoms with E-state index in [0.29, 0.717) is 12.4 Å². The molecule has 1 aromatic heterocycles. The minimum Gasteiger partial charge on any atom is -0.497 e. The lowest BCUT2D eigenvalue weighted by molar-refractivity contribution is -0.134. The number of hydrogen-bond acceptors (Lipinski definition) is 5. The van der Waals surface area contributed by atoms with Gasteiger partial charge in [-0.15, -0.1) is 0 Å². The number of aryl methyl sites for hydroxylation is 1.